The van der Waals surface area contributed by atoms with Crippen LogP contribution >= 0.6 is 11.8 Å². The van der Waals surface area contributed by atoms with Crippen molar-refractivity contribution in [1.29, 1.82) is 0 Å². The summed E-state index contributed by atoms with van der Waals surface area (Å²) >= 11 is 1.39. The zero-order valence-electron chi connectivity index (χ0n) is 17.4. The molecule has 0 aliphatic heterocycles. The van der Waals surface area contributed by atoms with E-state index in [-0.39, 0.29) is 18.2 Å². The van der Waals surface area contributed by atoms with Crippen LogP contribution in [0.2, 0.25) is 0 Å². The molecule has 1 N–H and O–H groups in total. The summed E-state index contributed by atoms with van der Waals surface area (Å²) in [5, 5.41) is 11.7. The number of hydrogen-bond acceptors (Lipinski definition) is 5. The van der Waals surface area contributed by atoms with Crippen molar-refractivity contribution in [2.75, 3.05) is 12.4 Å². The van der Waals surface area contributed by atoms with Crippen molar-refractivity contribution in [2.45, 2.75) is 51.4 Å². The quantitative estimate of drug-likeness (QED) is 0.435. The first-order valence-electron chi connectivity index (χ1n) is 9.92. The number of benzene rings is 2. The Morgan fingerprint density at radius 2 is 1.86 bits per heavy atom. The van der Waals surface area contributed by atoms with Gasteiger partial charge < -0.3 is 9.84 Å². The van der Waals surface area contributed by atoms with Crippen LogP contribution in [0.15, 0.2) is 52.4 Å². The molecule has 29 heavy (non-hydrogen) atoms. The lowest BCUT2D eigenvalue weighted by Crippen LogP contribution is -2.27. The van der Waals surface area contributed by atoms with E-state index in [2.05, 4.69) is 6.07 Å². The molecule has 6 heteroatoms. The number of aryl methyl sites for hydroxylation is 2. The summed E-state index contributed by atoms with van der Waals surface area (Å²) in [4.78, 5) is 17.7. The Morgan fingerprint density at radius 1 is 1.17 bits per heavy atom. The Labute approximate surface area is 175 Å². The summed E-state index contributed by atoms with van der Waals surface area (Å²) in [6, 6.07) is 13.4. The van der Waals surface area contributed by atoms with Crippen molar-refractivity contribution in [2.24, 2.45) is 0 Å². The second-order valence-corrected chi connectivity index (χ2v) is 8.43. The topological polar surface area (TPSA) is 64.3 Å². The molecule has 0 bridgehead atoms. The van der Waals surface area contributed by atoms with Gasteiger partial charge in [0, 0.05) is 11.8 Å². The molecule has 154 valence electrons. The van der Waals surface area contributed by atoms with E-state index in [1.54, 1.807) is 4.57 Å². The van der Waals surface area contributed by atoms with Crippen LogP contribution in [0.3, 0.4) is 0 Å². The molecule has 2 atom stereocenters. The van der Waals surface area contributed by atoms with Crippen LogP contribution in [0.5, 0.6) is 5.75 Å². The van der Waals surface area contributed by atoms with Crippen LogP contribution in [0.1, 0.15) is 37.4 Å². The molecule has 0 aliphatic rings. The summed E-state index contributed by atoms with van der Waals surface area (Å²) in [7, 11) is 0. The average molecular weight is 413 g/mol. The molecular weight excluding hydrogens is 384 g/mol. The van der Waals surface area contributed by atoms with E-state index in [4.69, 9.17) is 9.72 Å². The SMILES string of the molecule is CC[C@H](C)n1c(SC[C@@H](O)COc2cc(C)cc(C)c2)nc2ccccc2c1=O. The maximum Gasteiger partial charge on any atom is 0.262 e. The van der Waals surface area contributed by atoms with Gasteiger partial charge in [0.05, 0.1) is 17.0 Å². The molecule has 5 nitrogen and oxygen atoms in total. The number of hydrogen-bond donors (Lipinski definition) is 1. The molecule has 0 unspecified atom stereocenters. The second-order valence-electron chi connectivity index (χ2n) is 7.44. The minimum Gasteiger partial charge on any atom is -0.491 e. The lowest BCUT2D eigenvalue weighted by atomic mass is 10.1. The van der Waals surface area contributed by atoms with Gasteiger partial charge in [-0.1, -0.05) is 36.9 Å². The normalized spacial score (nSPS) is 13.4. The van der Waals surface area contributed by atoms with Crippen LogP contribution in [0.25, 0.3) is 10.9 Å². The van der Waals surface area contributed by atoms with Crippen molar-refractivity contribution >= 4 is 22.7 Å². The molecule has 2 aromatic carbocycles. The molecule has 0 spiro atoms. The Balaban J connectivity index is 1.74. The van der Waals surface area contributed by atoms with E-state index in [1.807, 2.05) is 64.1 Å². The highest BCUT2D eigenvalue weighted by molar-refractivity contribution is 7.99. The molecule has 1 heterocycles. The highest BCUT2D eigenvalue weighted by Gasteiger charge is 2.17. The summed E-state index contributed by atoms with van der Waals surface area (Å²) < 4.78 is 7.50. The molecular formula is C23H28N2O3S. The lowest BCUT2D eigenvalue weighted by molar-refractivity contribution is 0.126. The third-order valence-corrected chi connectivity index (χ3v) is 5.95. The minimum atomic E-state index is -0.672. The van der Waals surface area contributed by atoms with Crippen molar-refractivity contribution in [3.8, 4) is 5.75 Å². The van der Waals surface area contributed by atoms with E-state index in [1.165, 1.54) is 11.8 Å². The van der Waals surface area contributed by atoms with Gasteiger partial charge in [0.25, 0.3) is 5.56 Å². The summed E-state index contributed by atoms with van der Waals surface area (Å²) in [5.74, 6) is 1.15. The van der Waals surface area contributed by atoms with Crippen molar-refractivity contribution < 1.29 is 9.84 Å². The number of para-hydroxylation sites is 1. The van der Waals surface area contributed by atoms with Crippen LogP contribution in [-0.4, -0.2) is 33.1 Å². The van der Waals surface area contributed by atoms with Crippen LogP contribution in [0, 0.1) is 13.8 Å². The molecule has 3 rings (SSSR count). The predicted octanol–water partition coefficient (Wildman–Crippen LogP) is 4.52. The highest BCUT2D eigenvalue weighted by Crippen LogP contribution is 2.23. The van der Waals surface area contributed by atoms with Gasteiger partial charge >= 0.3 is 0 Å². The first-order valence-corrected chi connectivity index (χ1v) is 10.9. The minimum absolute atomic E-state index is 0.0331. The predicted molar refractivity (Wildman–Crippen MR) is 119 cm³/mol. The van der Waals surface area contributed by atoms with E-state index < -0.39 is 6.10 Å². The van der Waals surface area contributed by atoms with Crippen molar-refractivity contribution in [1.82, 2.24) is 9.55 Å². The summed E-state index contributed by atoms with van der Waals surface area (Å²) in [5.41, 5.74) is 2.90. The zero-order chi connectivity index (χ0) is 21.0. The third-order valence-electron chi connectivity index (χ3n) is 4.85. The van der Waals surface area contributed by atoms with E-state index in [0.29, 0.717) is 21.8 Å². The number of nitrogens with zero attached hydrogens (tertiary/aromatic N) is 2. The molecule has 0 radical (unpaired) electrons. The highest BCUT2D eigenvalue weighted by atomic mass is 32.2. The Bertz CT molecular complexity index is 1030. The molecule has 0 saturated heterocycles. The Morgan fingerprint density at radius 3 is 2.55 bits per heavy atom. The van der Waals surface area contributed by atoms with Crippen LogP contribution < -0.4 is 10.3 Å². The van der Waals surface area contributed by atoms with Gasteiger partial charge in [0.1, 0.15) is 12.4 Å². The fourth-order valence-corrected chi connectivity index (χ4v) is 4.23. The van der Waals surface area contributed by atoms with Gasteiger partial charge in [-0.25, -0.2) is 4.98 Å². The number of aromatic nitrogens is 2. The van der Waals surface area contributed by atoms with Gasteiger partial charge in [-0.2, -0.15) is 0 Å². The maximum absolute atomic E-state index is 13.0. The van der Waals surface area contributed by atoms with Crippen LogP contribution in [-0.2, 0) is 0 Å². The van der Waals surface area contributed by atoms with Crippen LogP contribution in [0.4, 0.5) is 0 Å². The van der Waals surface area contributed by atoms with Crippen molar-refractivity contribution in [3.05, 3.63) is 63.9 Å². The Hall–Kier alpha value is -2.31. The summed E-state index contributed by atoms with van der Waals surface area (Å²) in [6.07, 6.45) is 0.154. The third kappa shape index (κ3) is 5.19. The molecule has 0 saturated carbocycles. The number of aliphatic hydroxyl groups is 1. The van der Waals surface area contributed by atoms with E-state index in [0.717, 1.165) is 23.3 Å². The number of aliphatic hydroxyl groups excluding tert-OH is 1. The number of thioether (sulfide) groups is 1. The number of fused-ring (bicyclic) bond motifs is 1. The molecule has 0 aliphatic carbocycles. The fraction of sp³-hybridized carbons (Fsp3) is 0.391. The lowest BCUT2D eigenvalue weighted by Gasteiger charge is -2.19. The van der Waals surface area contributed by atoms with Gasteiger partial charge in [0.15, 0.2) is 5.16 Å². The first-order chi connectivity index (χ1) is 13.9. The Kier molecular flexibility index (Phi) is 6.98. The molecule has 1 aromatic heterocycles. The smallest absolute Gasteiger partial charge is 0.262 e. The number of rotatable bonds is 8. The average Bonchev–Trinajstić information content (AvgIpc) is 2.69. The van der Waals surface area contributed by atoms with Gasteiger partial charge in [0.2, 0.25) is 0 Å². The standard InChI is InChI=1S/C23H28N2O3S/c1-5-17(4)25-22(27)20-8-6-7-9-21(20)24-23(25)29-14-18(26)13-28-19-11-15(2)10-16(3)12-19/h6-12,17-18,26H,5,13-14H2,1-4H3/t17-,18-/m0/s1. The monoisotopic (exact) mass is 412 g/mol. The second kappa shape index (κ2) is 9.46. The fourth-order valence-electron chi connectivity index (χ4n) is 3.23. The zero-order valence-corrected chi connectivity index (χ0v) is 18.2. The molecule has 3 aromatic rings. The molecule has 0 amide bonds. The van der Waals surface area contributed by atoms with Gasteiger partial charge in [-0.05, 0) is 62.6 Å². The largest absolute Gasteiger partial charge is 0.491 e. The maximum atomic E-state index is 13.0. The molecule has 0 fully saturated rings. The van der Waals surface area contributed by atoms with E-state index in [9.17, 15) is 9.90 Å². The van der Waals surface area contributed by atoms with Crippen molar-refractivity contribution in [3.63, 3.8) is 0 Å². The van der Waals surface area contributed by atoms with Gasteiger partial charge in [-0.15, -0.1) is 0 Å². The van der Waals surface area contributed by atoms with E-state index >= 15 is 0 Å². The summed E-state index contributed by atoms with van der Waals surface area (Å²) in [6.45, 7) is 8.29. The first kappa shape index (κ1) is 21.4. The van der Waals surface area contributed by atoms with Gasteiger partial charge in [-0.3, -0.25) is 9.36 Å². The number of ether oxygens (including phenoxy) is 1.